The monoisotopic (exact) mass is 399 g/mol. The first-order valence-electron chi connectivity index (χ1n) is 7.65. The lowest BCUT2D eigenvalue weighted by molar-refractivity contribution is 0.414. The van der Waals surface area contributed by atoms with Crippen molar-refractivity contribution in [3.05, 3.63) is 64.9 Å². The Morgan fingerprint density at radius 2 is 1.84 bits per heavy atom. The van der Waals surface area contributed by atoms with E-state index in [2.05, 4.69) is 36.5 Å². The molecule has 1 aromatic heterocycles. The quantitative estimate of drug-likeness (QED) is 0.576. The predicted octanol–water partition coefficient (Wildman–Crippen LogP) is 4.19. The molecule has 0 radical (unpaired) electrons. The molecule has 0 fully saturated rings. The number of methoxy groups -OCH3 is 1. The third kappa shape index (κ3) is 4.39. The Labute approximate surface area is 154 Å². The van der Waals surface area contributed by atoms with Crippen LogP contribution < -0.4 is 21.1 Å². The zero-order valence-electron chi connectivity index (χ0n) is 13.7. The van der Waals surface area contributed by atoms with E-state index in [4.69, 9.17) is 10.5 Å². The van der Waals surface area contributed by atoms with Crippen molar-refractivity contribution in [2.24, 2.45) is 0 Å². The molecular formula is C18H18BrN5O. The van der Waals surface area contributed by atoms with Gasteiger partial charge in [-0.05, 0) is 35.9 Å². The third-order valence-corrected chi connectivity index (χ3v) is 4.08. The Hall–Kier alpha value is -2.80. The number of nitrogens with two attached hydrogens (primary N) is 1. The number of aromatic nitrogens is 2. The number of rotatable bonds is 6. The molecule has 1 heterocycles. The van der Waals surface area contributed by atoms with Crippen molar-refractivity contribution in [1.82, 2.24) is 9.97 Å². The van der Waals surface area contributed by atoms with Gasteiger partial charge in [0, 0.05) is 16.7 Å². The first-order valence-corrected chi connectivity index (χ1v) is 8.45. The lowest BCUT2D eigenvalue weighted by atomic mass is 10.2. The van der Waals surface area contributed by atoms with Gasteiger partial charge in [-0.25, -0.2) is 9.97 Å². The van der Waals surface area contributed by atoms with E-state index in [1.54, 1.807) is 7.11 Å². The summed E-state index contributed by atoms with van der Waals surface area (Å²) in [4.78, 5) is 8.45. The number of halogens is 1. The van der Waals surface area contributed by atoms with E-state index in [0.717, 1.165) is 21.5 Å². The normalized spacial score (nSPS) is 10.3. The van der Waals surface area contributed by atoms with E-state index in [0.29, 0.717) is 23.9 Å². The lowest BCUT2D eigenvalue weighted by Crippen LogP contribution is -2.08. The summed E-state index contributed by atoms with van der Waals surface area (Å²) in [5.41, 5.74) is 8.65. The molecule has 3 rings (SSSR count). The Kier molecular flexibility index (Phi) is 5.35. The molecule has 0 unspecified atom stereocenters. The van der Waals surface area contributed by atoms with Crippen molar-refractivity contribution in [2.45, 2.75) is 6.54 Å². The van der Waals surface area contributed by atoms with Crippen LogP contribution in [-0.4, -0.2) is 17.1 Å². The van der Waals surface area contributed by atoms with Crippen LogP contribution in [0.2, 0.25) is 0 Å². The van der Waals surface area contributed by atoms with Crippen LogP contribution in [0.5, 0.6) is 5.75 Å². The maximum absolute atomic E-state index is 6.20. The minimum atomic E-state index is 0.469. The van der Waals surface area contributed by atoms with Crippen molar-refractivity contribution in [3.63, 3.8) is 0 Å². The van der Waals surface area contributed by atoms with Crippen molar-refractivity contribution in [2.75, 3.05) is 23.5 Å². The van der Waals surface area contributed by atoms with Gasteiger partial charge in [0.2, 0.25) is 0 Å². The molecule has 4 N–H and O–H groups in total. The highest BCUT2D eigenvalue weighted by molar-refractivity contribution is 9.10. The van der Waals surface area contributed by atoms with Crippen LogP contribution in [0, 0.1) is 0 Å². The zero-order valence-corrected chi connectivity index (χ0v) is 15.2. The Morgan fingerprint density at radius 3 is 2.56 bits per heavy atom. The molecular weight excluding hydrogens is 382 g/mol. The number of hydrogen-bond donors (Lipinski definition) is 3. The zero-order chi connectivity index (χ0) is 17.6. The molecule has 7 heteroatoms. The van der Waals surface area contributed by atoms with Crippen LogP contribution in [-0.2, 0) is 6.54 Å². The van der Waals surface area contributed by atoms with E-state index in [1.165, 1.54) is 6.33 Å². The molecule has 2 aromatic carbocycles. The van der Waals surface area contributed by atoms with Gasteiger partial charge in [0.1, 0.15) is 17.8 Å². The molecule has 0 bridgehead atoms. The molecule has 3 aromatic rings. The number of ether oxygens (including phenoxy) is 1. The van der Waals surface area contributed by atoms with Crippen LogP contribution in [0.1, 0.15) is 5.56 Å². The van der Waals surface area contributed by atoms with E-state index in [1.807, 2.05) is 48.5 Å². The molecule has 0 aliphatic rings. The molecule has 0 saturated carbocycles. The number of nitrogen functional groups attached to an aromatic ring is 1. The second-order valence-corrected chi connectivity index (χ2v) is 6.24. The average molecular weight is 400 g/mol. The number of anilines is 4. The van der Waals surface area contributed by atoms with Crippen LogP contribution in [0.25, 0.3) is 0 Å². The summed E-state index contributed by atoms with van der Waals surface area (Å²) < 4.78 is 6.13. The number of benzene rings is 2. The van der Waals surface area contributed by atoms with E-state index in [-0.39, 0.29) is 0 Å². The number of nitrogens with one attached hydrogen (secondary N) is 2. The fourth-order valence-corrected chi connectivity index (χ4v) is 2.67. The Balaban J connectivity index is 1.71. The molecule has 0 aliphatic carbocycles. The molecule has 0 saturated heterocycles. The van der Waals surface area contributed by atoms with Gasteiger partial charge < -0.3 is 21.1 Å². The van der Waals surface area contributed by atoms with Crippen molar-refractivity contribution in [1.29, 1.82) is 0 Å². The van der Waals surface area contributed by atoms with Gasteiger partial charge in [-0.2, -0.15) is 0 Å². The van der Waals surface area contributed by atoms with Gasteiger partial charge in [0.15, 0.2) is 11.6 Å². The summed E-state index contributed by atoms with van der Waals surface area (Å²) in [7, 11) is 1.65. The summed E-state index contributed by atoms with van der Waals surface area (Å²) in [5.74, 6) is 1.97. The molecule has 0 aliphatic heterocycles. The summed E-state index contributed by atoms with van der Waals surface area (Å²) in [6.45, 7) is 0.599. The number of hydrogen-bond acceptors (Lipinski definition) is 6. The van der Waals surface area contributed by atoms with Gasteiger partial charge >= 0.3 is 0 Å². The average Bonchev–Trinajstić information content (AvgIpc) is 2.63. The highest BCUT2D eigenvalue weighted by Crippen LogP contribution is 2.27. The second kappa shape index (κ2) is 7.85. The van der Waals surface area contributed by atoms with Crippen LogP contribution >= 0.6 is 15.9 Å². The standard InChI is InChI=1S/C18H18BrN5O/c1-25-15-7-5-12(6-8-15)10-21-17-16(20)18(23-11-22-17)24-14-4-2-3-13(19)9-14/h2-9,11H,10,20H2,1H3,(H2,21,22,23,24). The van der Waals surface area contributed by atoms with Crippen LogP contribution in [0.3, 0.4) is 0 Å². The number of nitrogens with zero attached hydrogens (tertiary/aromatic N) is 2. The minimum absolute atomic E-state index is 0.469. The van der Waals surface area contributed by atoms with Gasteiger partial charge in [0.05, 0.1) is 7.11 Å². The molecule has 0 atom stereocenters. The lowest BCUT2D eigenvalue weighted by Gasteiger charge is -2.13. The molecule has 6 nitrogen and oxygen atoms in total. The Morgan fingerprint density at radius 1 is 1.08 bits per heavy atom. The molecule has 0 spiro atoms. The fourth-order valence-electron chi connectivity index (χ4n) is 2.27. The second-order valence-electron chi connectivity index (χ2n) is 5.32. The van der Waals surface area contributed by atoms with E-state index in [9.17, 15) is 0 Å². The molecule has 128 valence electrons. The summed E-state index contributed by atoms with van der Waals surface area (Å²) in [5, 5.41) is 6.44. The van der Waals surface area contributed by atoms with Crippen molar-refractivity contribution < 1.29 is 4.74 Å². The summed E-state index contributed by atoms with van der Waals surface area (Å²) >= 11 is 3.44. The SMILES string of the molecule is COc1ccc(CNc2ncnc(Nc3cccc(Br)c3)c2N)cc1. The van der Waals surface area contributed by atoms with Gasteiger partial charge in [0.25, 0.3) is 0 Å². The topological polar surface area (TPSA) is 85.1 Å². The van der Waals surface area contributed by atoms with Gasteiger partial charge in [-0.15, -0.1) is 0 Å². The largest absolute Gasteiger partial charge is 0.497 e. The van der Waals surface area contributed by atoms with Gasteiger partial charge in [-0.3, -0.25) is 0 Å². The highest BCUT2D eigenvalue weighted by Gasteiger charge is 2.08. The fraction of sp³-hybridized carbons (Fsp3) is 0.111. The Bertz CT molecular complexity index is 854. The van der Waals surface area contributed by atoms with Crippen LogP contribution in [0.15, 0.2) is 59.3 Å². The van der Waals surface area contributed by atoms with Crippen molar-refractivity contribution >= 4 is 38.9 Å². The maximum Gasteiger partial charge on any atom is 0.159 e. The highest BCUT2D eigenvalue weighted by atomic mass is 79.9. The van der Waals surface area contributed by atoms with E-state index >= 15 is 0 Å². The first-order chi connectivity index (χ1) is 12.2. The smallest absolute Gasteiger partial charge is 0.159 e. The predicted molar refractivity (Wildman–Crippen MR) is 104 cm³/mol. The van der Waals surface area contributed by atoms with Crippen LogP contribution in [0.4, 0.5) is 23.0 Å². The minimum Gasteiger partial charge on any atom is -0.497 e. The van der Waals surface area contributed by atoms with E-state index < -0.39 is 0 Å². The molecule has 25 heavy (non-hydrogen) atoms. The van der Waals surface area contributed by atoms with Crippen molar-refractivity contribution in [3.8, 4) is 5.75 Å². The first kappa shape index (κ1) is 17.0. The third-order valence-electron chi connectivity index (χ3n) is 3.59. The molecule has 0 amide bonds. The summed E-state index contributed by atoms with van der Waals surface area (Å²) in [6, 6.07) is 15.6. The summed E-state index contributed by atoms with van der Waals surface area (Å²) in [6.07, 6.45) is 1.48. The van der Waals surface area contributed by atoms with Gasteiger partial charge in [-0.1, -0.05) is 34.1 Å². The maximum atomic E-state index is 6.20.